The minimum absolute atomic E-state index is 0.0766. The first-order chi connectivity index (χ1) is 9.15. The predicted molar refractivity (Wildman–Crippen MR) is 76.5 cm³/mol. The maximum absolute atomic E-state index is 11.8. The highest BCUT2D eigenvalue weighted by molar-refractivity contribution is 6.33. The lowest BCUT2D eigenvalue weighted by atomic mass is 10.0. The third-order valence-corrected chi connectivity index (χ3v) is 3.51. The molecule has 1 aromatic carbocycles. The molecule has 2 rings (SSSR count). The van der Waals surface area contributed by atoms with Crippen LogP contribution < -0.4 is 10.6 Å². The van der Waals surface area contributed by atoms with Crippen molar-refractivity contribution in [2.75, 3.05) is 18.5 Å². The van der Waals surface area contributed by atoms with E-state index in [1.165, 1.54) is 0 Å². The standard InChI is InChI=1S/C14H19ClN2O2/c1-10-8-11(6-7-19-10)16-9-14(18)17-13-5-3-2-4-12(13)15/h2-5,10-11,16H,6-9H2,1H3,(H,17,18). The molecule has 1 aromatic rings. The SMILES string of the molecule is CC1CC(NCC(=O)Nc2ccccc2Cl)CCO1. The van der Waals surface area contributed by atoms with E-state index in [9.17, 15) is 4.79 Å². The Morgan fingerprint density at radius 1 is 1.47 bits per heavy atom. The molecule has 2 atom stereocenters. The van der Waals surface area contributed by atoms with Crippen molar-refractivity contribution in [3.63, 3.8) is 0 Å². The van der Waals surface area contributed by atoms with Gasteiger partial charge in [-0.2, -0.15) is 0 Å². The third-order valence-electron chi connectivity index (χ3n) is 3.18. The summed E-state index contributed by atoms with van der Waals surface area (Å²) in [5, 5.41) is 6.60. The molecule has 1 amide bonds. The van der Waals surface area contributed by atoms with E-state index in [-0.39, 0.29) is 12.0 Å². The van der Waals surface area contributed by atoms with Crippen LogP contribution in [0.5, 0.6) is 0 Å². The molecule has 104 valence electrons. The zero-order valence-corrected chi connectivity index (χ0v) is 11.7. The molecule has 1 heterocycles. The van der Waals surface area contributed by atoms with Crippen molar-refractivity contribution in [2.45, 2.75) is 31.9 Å². The van der Waals surface area contributed by atoms with Crippen molar-refractivity contribution in [3.8, 4) is 0 Å². The second kappa shape index (κ2) is 6.89. The molecule has 2 unspecified atom stereocenters. The lowest BCUT2D eigenvalue weighted by molar-refractivity contribution is -0.115. The average molecular weight is 283 g/mol. The van der Waals surface area contributed by atoms with Crippen molar-refractivity contribution in [3.05, 3.63) is 29.3 Å². The number of rotatable bonds is 4. The van der Waals surface area contributed by atoms with E-state index in [4.69, 9.17) is 16.3 Å². The Morgan fingerprint density at radius 3 is 3.00 bits per heavy atom. The Labute approximate surface area is 118 Å². The Hall–Kier alpha value is -1.10. The van der Waals surface area contributed by atoms with E-state index in [2.05, 4.69) is 17.6 Å². The molecule has 19 heavy (non-hydrogen) atoms. The van der Waals surface area contributed by atoms with Gasteiger partial charge in [0.2, 0.25) is 5.91 Å². The van der Waals surface area contributed by atoms with Gasteiger partial charge >= 0.3 is 0 Å². The fraction of sp³-hybridized carbons (Fsp3) is 0.500. The van der Waals surface area contributed by atoms with Crippen molar-refractivity contribution in [2.24, 2.45) is 0 Å². The normalized spacial score (nSPS) is 23.1. The molecule has 0 saturated carbocycles. The molecule has 1 fully saturated rings. The number of nitrogens with one attached hydrogen (secondary N) is 2. The number of carbonyl (C=O) groups is 1. The van der Waals surface area contributed by atoms with Crippen LogP contribution in [0.3, 0.4) is 0 Å². The number of carbonyl (C=O) groups excluding carboxylic acids is 1. The maximum Gasteiger partial charge on any atom is 0.238 e. The molecular formula is C14H19ClN2O2. The summed E-state index contributed by atoms with van der Waals surface area (Å²) in [6.07, 6.45) is 2.15. The lowest BCUT2D eigenvalue weighted by Crippen LogP contribution is -2.41. The van der Waals surface area contributed by atoms with Gasteiger partial charge in [0.25, 0.3) is 0 Å². The van der Waals surface area contributed by atoms with Crippen LogP contribution in [0, 0.1) is 0 Å². The number of benzene rings is 1. The third kappa shape index (κ3) is 4.49. The number of hydrogen-bond acceptors (Lipinski definition) is 3. The Kier molecular flexibility index (Phi) is 5.19. The fourth-order valence-electron chi connectivity index (χ4n) is 2.18. The van der Waals surface area contributed by atoms with E-state index in [0.717, 1.165) is 19.4 Å². The van der Waals surface area contributed by atoms with E-state index >= 15 is 0 Å². The topological polar surface area (TPSA) is 50.4 Å². The summed E-state index contributed by atoms with van der Waals surface area (Å²) in [5.74, 6) is -0.0766. The number of para-hydroxylation sites is 1. The molecule has 2 N–H and O–H groups in total. The Bertz CT molecular complexity index is 439. The van der Waals surface area contributed by atoms with Gasteiger partial charge in [0.05, 0.1) is 23.4 Å². The molecule has 0 aromatic heterocycles. The molecule has 0 bridgehead atoms. The van der Waals surface area contributed by atoms with Crippen molar-refractivity contribution in [1.82, 2.24) is 5.32 Å². The van der Waals surface area contributed by atoms with Gasteiger partial charge < -0.3 is 15.4 Å². The molecule has 5 heteroatoms. The molecule has 4 nitrogen and oxygen atoms in total. The fourth-order valence-corrected chi connectivity index (χ4v) is 2.36. The Balaban J connectivity index is 1.77. The largest absolute Gasteiger partial charge is 0.378 e. The first kappa shape index (κ1) is 14.3. The highest BCUT2D eigenvalue weighted by Crippen LogP contribution is 2.20. The molecule has 0 spiro atoms. The number of halogens is 1. The van der Waals surface area contributed by atoms with Crippen LogP contribution >= 0.6 is 11.6 Å². The van der Waals surface area contributed by atoms with Gasteiger partial charge in [0.15, 0.2) is 0 Å². The molecule has 1 saturated heterocycles. The average Bonchev–Trinajstić information content (AvgIpc) is 2.39. The highest BCUT2D eigenvalue weighted by Gasteiger charge is 2.19. The van der Waals surface area contributed by atoms with Gasteiger partial charge in [-0.15, -0.1) is 0 Å². The smallest absolute Gasteiger partial charge is 0.238 e. The van der Waals surface area contributed by atoms with E-state index in [1.54, 1.807) is 12.1 Å². The van der Waals surface area contributed by atoms with Gasteiger partial charge in [-0.3, -0.25) is 4.79 Å². The van der Waals surface area contributed by atoms with Gasteiger partial charge in [0.1, 0.15) is 0 Å². The van der Waals surface area contributed by atoms with Gasteiger partial charge in [0, 0.05) is 12.6 Å². The molecule has 1 aliphatic rings. The van der Waals surface area contributed by atoms with Crippen LogP contribution in [-0.2, 0) is 9.53 Å². The van der Waals surface area contributed by atoms with Crippen molar-refractivity contribution in [1.29, 1.82) is 0 Å². The summed E-state index contributed by atoms with van der Waals surface area (Å²) in [5.41, 5.74) is 0.649. The van der Waals surface area contributed by atoms with Gasteiger partial charge in [-0.1, -0.05) is 23.7 Å². The zero-order chi connectivity index (χ0) is 13.7. The maximum atomic E-state index is 11.8. The number of anilines is 1. The van der Waals surface area contributed by atoms with Crippen molar-refractivity contribution < 1.29 is 9.53 Å². The van der Waals surface area contributed by atoms with Crippen LogP contribution in [0.4, 0.5) is 5.69 Å². The molecular weight excluding hydrogens is 264 g/mol. The van der Waals surface area contributed by atoms with Crippen LogP contribution in [0.15, 0.2) is 24.3 Å². The summed E-state index contributed by atoms with van der Waals surface area (Å²) < 4.78 is 5.47. The minimum Gasteiger partial charge on any atom is -0.378 e. The van der Waals surface area contributed by atoms with Crippen LogP contribution in [0.25, 0.3) is 0 Å². The van der Waals surface area contributed by atoms with Gasteiger partial charge in [-0.25, -0.2) is 0 Å². The quantitative estimate of drug-likeness (QED) is 0.892. The predicted octanol–water partition coefficient (Wildman–Crippen LogP) is 2.44. The summed E-state index contributed by atoms with van der Waals surface area (Å²) in [7, 11) is 0. The molecule has 0 aliphatic carbocycles. The molecule has 0 radical (unpaired) electrons. The Morgan fingerprint density at radius 2 is 2.26 bits per heavy atom. The zero-order valence-electron chi connectivity index (χ0n) is 11.0. The summed E-state index contributed by atoms with van der Waals surface area (Å²) in [6, 6.07) is 7.57. The molecule has 1 aliphatic heterocycles. The van der Waals surface area contributed by atoms with E-state index in [1.807, 2.05) is 12.1 Å². The van der Waals surface area contributed by atoms with Gasteiger partial charge in [-0.05, 0) is 31.9 Å². The summed E-state index contributed by atoms with van der Waals surface area (Å²) in [4.78, 5) is 11.8. The van der Waals surface area contributed by atoms with Crippen molar-refractivity contribution >= 4 is 23.2 Å². The minimum atomic E-state index is -0.0766. The van der Waals surface area contributed by atoms with E-state index in [0.29, 0.717) is 23.3 Å². The first-order valence-corrected chi connectivity index (χ1v) is 6.92. The first-order valence-electron chi connectivity index (χ1n) is 6.54. The second-order valence-corrected chi connectivity index (χ2v) is 5.22. The second-order valence-electron chi connectivity index (χ2n) is 4.81. The monoisotopic (exact) mass is 282 g/mol. The van der Waals surface area contributed by atoms with Crippen LogP contribution in [-0.4, -0.2) is 31.2 Å². The van der Waals surface area contributed by atoms with Crippen LogP contribution in [0.1, 0.15) is 19.8 Å². The lowest BCUT2D eigenvalue weighted by Gasteiger charge is -2.27. The number of ether oxygens (including phenoxy) is 1. The number of amides is 1. The summed E-state index contributed by atoms with van der Waals surface area (Å²) >= 11 is 5.98. The van der Waals surface area contributed by atoms with E-state index < -0.39 is 0 Å². The summed E-state index contributed by atoms with van der Waals surface area (Å²) in [6.45, 7) is 3.10. The van der Waals surface area contributed by atoms with Crippen LogP contribution in [0.2, 0.25) is 5.02 Å². The highest BCUT2D eigenvalue weighted by atomic mass is 35.5. The number of hydrogen-bond donors (Lipinski definition) is 2.